The lowest BCUT2D eigenvalue weighted by Crippen LogP contribution is -2.43. The number of rotatable bonds is 3. The molecule has 0 radical (unpaired) electrons. The van der Waals surface area contributed by atoms with Crippen molar-refractivity contribution in [2.45, 2.75) is 38.1 Å². The third kappa shape index (κ3) is 4.96. The van der Waals surface area contributed by atoms with Crippen molar-refractivity contribution < 1.29 is 9.59 Å². The van der Waals surface area contributed by atoms with Crippen molar-refractivity contribution in [2.75, 3.05) is 18.4 Å². The lowest BCUT2D eigenvalue weighted by Gasteiger charge is -2.33. The molecule has 1 aromatic rings. The van der Waals surface area contributed by atoms with Crippen LogP contribution in [-0.2, 0) is 9.59 Å². The molecule has 1 aliphatic carbocycles. The predicted octanol–water partition coefficient (Wildman–Crippen LogP) is 3.18. The maximum absolute atomic E-state index is 12.5. The summed E-state index contributed by atoms with van der Waals surface area (Å²) in [5, 5.41) is 2.98. The standard InChI is InChI=1S/C18H24BrN3O2.ClH/c19-15-3-1-2-4-16(15)21-17(23)12-7-9-22(10-8-12)18(24)13-5-6-14(20)11-13;/h1-4,12-14H,5-11,20H2,(H,21,23);1H. The van der Waals surface area contributed by atoms with Crippen LogP contribution in [0, 0.1) is 11.8 Å². The highest BCUT2D eigenvalue weighted by molar-refractivity contribution is 9.10. The molecule has 0 bridgehead atoms. The molecule has 0 spiro atoms. The van der Waals surface area contributed by atoms with Crippen molar-refractivity contribution in [1.82, 2.24) is 4.90 Å². The Hall–Kier alpha value is -1.11. The minimum atomic E-state index is -0.0352. The predicted molar refractivity (Wildman–Crippen MR) is 105 cm³/mol. The van der Waals surface area contributed by atoms with E-state index in [1.54, 1.807) is 0 Å². The molecule has 2 aliphatic rings. The van der Waals surface area contributed by atoms with E-state index in [2.05, 4.69) is 21.2 Å². The van der Waals surface area contributed by atoms with Gasteiger partial charge in [-0.1, -0.05) is 12.1 Å². The minimum Gasteiger partial charge on any atom is -0.342 e. The van der Waals surface area contributed by atoms with Gasteiger partial charge >= 0.3 is 0 Å². The van der Waals surface area contributed by atoms with Gasteiger partial charge in [-0.3, -0.25) is 9.59 Å². The summed E-state index contributed by atoms with van der Waals surface area (Å²) in [6.07, 6.45) is 4.10. The van der Waals surface area contributed by atoms with Gasteiger partial charge < -0.3 is 16.0 Å². The Morgan fingerprint density at radius 1 is 1.08 bits per heavy atom. The molecule has 2 unspecified atom stereocenters. The average Bonchev–Trinajstić information content (AvgIpc) is 3.03. The SMILES string of the molecule is Cl.NC1CCC(C(=O)N2CCC(C(=O)Nc3ccccc3Br)CC2)C1. The zero-order valence-electron chi connectivity index (χ0n) is 14.1. The van der Waals surface area contributed by atoms with Crippen molar-refractivity contribution in [2.24, 2.45) is 17.6 Å². The fourth-order valence-corrected chi connectivity index (χ4v) is 4.04. The van der Waals surface area contributed by atoms with Crippen molar-refractivity contribution in [3.8, 4) is 0 Å². The van der Waals surface area contributed by atoms with E-state index in [9.17, 15) is 9.59 Å². The zero-order valence-corrected chi connectivity index (χ0v) is 16.5. The number of para-hydroxylation sites is 1. The number of nitrogens with two attached hydrogens (primary N) is 1. The van der Waals surface area contributed by atoms with Gasteiger partial charge in [0.1, 0.15) is 0 Å². The molecule has 1 heterocycles. The molecule has 1 aliphatic heterocycles. The van der Waals surface area contributed by atoms with Gasteiger partial charge in [0, 0.05) is 35.4 Å². The summed E-state index contributed by atoms with van der Waals surface area (Å²) in [5.41, 5.74) is 6.70. The van der Waals surface area contributed by atoms with E-state index >= 15 is 0 Å². The fourth-order valence-electron chi connectivity index (χ4n) is 3.66. The van der Waals surface area contributed by atoms with Crippen molar-refractivity contribution in [1.29, 1.82) is 0 Å². The maximum Gasteiger partial charge on any atom is 0.227 e. The van der Waals surface area contributed by atoms with E-state index in [4.69, 9.17) is 5.73 Å². The highest BCUT2D eigenvalue weighted by Crippen LogP contribution is 2.29. The van der Waals surface area contributed by atoms with Gasteiger partial charge in [0.05, 0.1) is 5.69 Å². The number of likely N-dealkylation sites (tertiary alicyclic amines) is 1. The molecule has 0 aromatic heterocycles. The number of benzene rings is 1. The van der Waals surface area contributed by atoms with E-state index in [0.717, 1.165) is 42.3 Å². The second-order valence-electron chi connectivity index (χ2n) is 6.84. The van der Waals surface area contributed by atoms with E-state index in [0.29, 0.717) is 13.1 Å². The van der Waals surface area contributed by atoms with Gasteiger partial charge in [0.15, 0.2) is 0 Å². The Morgan fingerprint density at radius 2 is 1.76 bits per heavy atom. The van der Waals surface area contributed by atoms with Crippen molar-refractivity contribution in [3.05, 3.63) is 28.7 Å². The molecule has 3 N–H and O–H groups in total. The summed E-state index contributed by atoms with van der Waals surface area (Å²) in [6, 6.07) is 7.77. The third-order valence-corrected chi connectivity index (χ3v) is 5.82. The van der Waals surface area contributed by atoms with E-state index in [-0.39, 0.29) is 42.1 Å². The van der Waals surface area contributed by atoms with Gasteiger partial charge in [-0.25, -0.2) is 0 Å². The molecule has 2 amide bonds. The fraction of sp³-hybridized carbons (Fsp3) is 0.556. The topological polar surface area (TPSA) is 75.4 Å². The Balaban J connectivity index is 0.00000225. The van der Waals surface area contributed by atoms with E-state index in [1.807, 2.05) is 29.2 Å². The lowest BCUT2D eigenvalue weighted by molar-refractivity contribution is -0.138. The number of carbonyl (C=O) groups excluding carboxylic acids is 2. The lowest BCUT2D eigenvalue weighted by atomic mass is 9.94. The van der Waals surface area contributed by atoms with Crippen LogP contribution in [0.25, 0.3) is 0 Å². The second kappa shape index (κ2) is 9.01. The number of amides is 2. The first-order valence-electron chi connectivity index (χ1n) is 8.64. The minimum absolute atomic E-state index is 0. The summed E-state index contributed by atoms with van der Waals surface area (Å²) in [4.78, 5) is 26.9. The molecule has 7 heteroatoms. The molecule has 138 valence electrons. The highest BCUT2D eigenvalue weighted by Gasteiger charge is 2.34. The number of nitrogens with one attached hydrogen (secondary N) is 1. The molecule has 1 saturated heterocycles. The van der Waals surface area contributed by atoms with Gasteiger partial charge in [-0.15, -0.1) is 12.4 Å². The molecule has 1 saturated carbocycles. The monoisotopic (exact) mass is 429 g/mol. The summed E-state index contributed by atoms with van der Waals surface area (Å²) in [7, 11) is 0. The molecule has 25 heavy (non-hydrogen) atoms. The summed E-state index contributed by atoms with van der Waals surface area (Å²) in [5.74, 6) is 0.321. The van der Waals surface area contributed by atoms with Crippen molar-refractivity contribution >= 4 is 45.8 Å². The molecule has 2 fully saturated rings. The van der Waals surface area contributed by atoms with Gasteiger partial charge in [-0.05, 0) is 60.2 Å². The van der Waals surface area contributed by atoms with Crippen LogP contribution >= 0.6 is 28.3 Å². The number of piperidine rings is 1. The zero-order chi connectivity index (χ0) is 17.1. The van der Waals surface area contributed by atoms with Gasteiger partial charge in [0.25, 0.3) is 0 Å². The molecule has 3 rings (SSSR count). The molecule has 5 nitrogen and oxygen atoms in total. The summed E-state index contributed by atoms with van der Waals surface area (Å²) < 4.78 is 0.878. The quantitative estimate of drug-likeness (QED) is 0.773. The molecular weight excluding hydrogens is 406 g/mol. The van der Waals surface area contributed by atoms with Crippen LogP contribution in [0.3, 0.4) is 0 Å². The van der Waals surface area contributed by atoms with E-state index in [1.165, 1.54) is 0 Å². The number of halogens is 2. The molecule has 1 aromatic carbocycles. The van der Waals surface area contributed by atoms with Crippen LogP contribution in [0.15, 0.2) is 28.7 Å². The first-order chi connectivity index (χ1) is 11.5. The van der Waals surface area contributed by atoms with Crippen LogP contribution in [0.5, 0.6) is 0 Å². The van der Waals surface area contributed by atoms with Gasteiger partial charge in [0.2, 0.25) is 11.8 Å². The molecular formula is C18H25BrClN3O2. The Morgan fingerprint density at radius 3 is 2.36 bits per heavy atom. The smallest absolute Gasteiger partial charge is 0.227 e. The average molecular weight is 431 g/mol. The first-order valence-corrected chi connectivity index (χ1v) is 9.43. The summed E-state index contributed by atoms with van der Waals surface area (Å²) >= 11 is 3.44. The maximum atomic E-state index is 12.5. The number of hydrogen-bond donors (Lipinski definition) is 2. The number of carbonyl (C=O) groups is 2. The van der Waals surface area contributed by atoms with Crippen LogP contribution in [0.2, 0.25) is 0 Å². The highest BCUT2D eigenvalue weighted by atomic mass is 79.9. The van der Waals surface area contributed by atoms with Gasteiger partial charge in [-0.2, -0.15) is 0 Å². The summed E-state index contributed by atoms with van der Waals surface area (Å²) in [6.45, 7) is 1.33. The number of anilines is 1. The number of nitrogens with zero attached hydrogens (tertiary/aromatic N) is 1. The Labute approximate surface area is 163 Å². The number of hydrogen-bond acceptors (Lipinski definition) is 3. The van der Waals surface area contributed by atoms with E-state index < -0.39 is 0 Å². The van der Waals surface area contributed by atoms with Crippen LogP contribution in [0.4, 0.5) is 5.69 Å². The normalized spacial score (nSPS) is 23.8. The Kier molecular flexibility index (Phi) is 7.28. The second-order valence-corrected chi connectivity index (χ2v) is 7.69. The molecule has 2 atom stereocenters. The first kappa shape index (κ1) is 20.2. The van der Waals surface area contributed by atoms with Crippen LogP contribution in [0.1, 0.15) is 32.1 Å². The van der Waals surface area contributed by atoms with Crippen LogP contribution < -0.4 is 11.1 Å². The largest absolute Gasteiger partial charge is 0.342 e. The third-order valence-electron chi connectivity index (χ3n) is 5.13. The Bertz CT molecular complexity index is 620. The van der Waals surface area contributed by atoms with Crippen molar-refractivity contribution in [3.63, 3.8) is 0 Å². The van der Waals surface area contributed by atoms with Crippen LogP contribution in [-0.4, -0.2) is 35.8 Å².